The van der Waals surface area contributed by atoms with Crippen LogP contribution in [-0.2, 0) is 52.9 Å². The van der Waals surface area contributed by atoms with Crippen LogP contribution in [0, 0.1) is 0 Å². The summed E-state index contributed by atoms with van der Waals surface area (Å²) < 4.78 is 102. The second-order valence-electron chi connectivity index (χ2n) is 1.22. The summed E-state index contributed by atoms with van der Waals surface area (Å²) >= 11 is 0. The molecule has 0 aliphatic rings. The first-order valence-electron chi connectivity index (χ1n) is 2.00. The standard InChI is InChI=1S/Ba.3H2O4S.Ti/c;3*1-5(2,3)4;/h;3*(H2,1,2,3,4);/q+2;;;;+4/p-6. The Balaban J connectivity index is -0.0000000400. The van der Waals surface area contributed by atoms with Gasteiger partial charge in [-0.05, 0) is 0 Å². The van der Waals surface area contributed by atoms with E-state index in [1.54, 1.807) is 0 Å². The summed E-state index contributed by atoms with van der Waals surface area (Å²) in [7, 11) is -15.5. The molecule has 0 N–H and O–H groups in total. The van der Waals surface area contributed by atoms with E-state index in [9.17, 15) is 0 Å². The zero-order valence-electron chi connectivity index (χ0n) is 7.33. The molecule has 0 radical (unpaired) electrons. The van der Waals surface area contributed by atoms with E-state index in [4.69, 9.17) is 52.6 Å². The number of hydrogen-bond donors (Lipinski definition) is 0. The van der Waals surface area contributed by atoms with Crippen molar-refractivity contribution in [2.24, 2.45) is 0 Å². The molecule has 0 heterocycles. The Morgan fingerprint density at radius 1 is 0.471 bits per heavy atom. The molecule has 0 aliphatic heterocycles. The Morgan fingerprint density at radius 3 is 0.471 bits per heavy atom. The van der Waals surface area contributed by atoms with Gasteiger partial charge in [0.05, 0.1) is 0 Å². The molecule has 0 aliphatic carbocycles. The maximum atomic E-state index is 8.52. The molecule has 0 rings (SSSR count). The van der Waals surface area contributed by atoms with Crippen molar-refractivity contribution in [1.82, 2.24) is 0 Å². The van der Waals surface area contributed by atoms with Crippen LogP contribution in [0.1, 0.15) is 0 Å². The molecule has 0 aromatic heterocycles. The van der Waals surface area contributed by atoms with Crippen LogP contribution in [0.5, 0.6) is 0 Å². The van der Waals surface area contributed by atoms with Gasteiger partial charge < -0.3 is 27.3 Å². The third-order valence-electron chi connectivity index (χ3n) is 0. The normalized spacial score (nSPS) is 10.2. The molecule has 0 saturated carbocycles. The predicted octanol–water partition coefficient (Wildman–Crippen LogP) is -4.40. The van der Waals surface area contributed by atoms with Crippen molar-refractivity contribution in [2.45, 2.75) is 0 Å². The van der Waals surface area contributed by atoms with E-state index in [0.717, 1.165) is 0 Å². The largest absolute Gasteiger partial charge is 4.00 e. The van der Waals surface area contributed by atoms with Crippen molar-refractivity contribution in [1.29, 1.82) is 0 Å². The molecule has 12 nitrogen and oxygen atoms in total. The maximum Gasteiger partial charge on any atom is 4.00 e. The molecule has 0 spiro atoms. The Hall–Kier alpha value is 1.90. The van der Waals surface area contributed by atoms with Gasteiger partial charge >= 0.3 is 70.6 Å². The van der Waals surface area contributed by atoms with Gasteiger partial charge in [-0.1, -0.05) is 0 Å². The van der Waals surface area contributed by atoms with Crippen LogP contribution in [-0.4, -0.2) is 101 Å². The van der Waals surface area contributed by atoms with Gasteiger partial charge in [-0.3, -0.25) is 25.3 Å². The minimum absolute atomic E-state index is 0. The summed E-state index contributed by atoms with van der Waals surface area (Å²) in [6.07, 6.45) is 0. The van der Waals surface area contributed by atoms with E-state index in [1.807, 2.05) is 0 Å². The molecule has 0 saturated heterocycles. The van der Waals surface area contributed by atoms with Crippen molar-refractivity contribution in [2.75, 3.05) is 0 Å². The van der Waals surface area contributed by atoms with E-state index < -0.39 is 31.2 Å². The first kappa shape index (κ1) is 31.3. The van der Waals surface area contributed by atoms with E-state index >= 15 is 0 Å². The topological polar surface area (TPSA) is 241 Å². The van der Waals surface area contributed by atoms with Gasteiger partial charge in [-0.2, -0.15) is 0 Å². The van der Waals surface area contributed by atoms with Gasteiger partial charge in [0.2, 0.25) is 0 Å². The zero-order valence-corrected chi connectivity index (χ0v) is 15.8. The average molecular weight is 473 g/mol. The Kier molecular flexibility index (Phi) is 23.8. The Bertz CT molecular complexity index is 343. The summed E-state index contributed by atoms with van der Waals surface area (Å²) in [6.45, 7) is 0. The van der Waals surface area contributed by atoms with E-state index in [1.165, 1.54) is 0 Å². The molecule has 0 unspecified atom stereocenters. The van der Waals surface area contributed by atoms with E-state index in [-0.39, 0.29) is 70.6 Å². The smallest absolute Gasteiger partial charge is 0.759 e. The quantitative estimate of drug-likeness (QED) is 0.184. The molecule has 0 atom stereocenters. The molecular weight excluding hydrogens is 473 g/mol. The number of hydrogen-bond acceptors (Lipinski definition) is 12. The van der Waals surface area contributed by atoms with Gasteiger partial charge in [-0.25, -0.2) is 0 Å². The monoisotopic (exact) mass is 474 g/mol. The second kappa shape index (κ2) is 12.9. The molecule has 0 aromatic carbocycles. The third-order valence-corrected chi connectivity index (χ3v) is 0. The molecule has 0 amide bonds. The number of rotatable bonds is 0. The van der Waals surface area contributed by atoms with E-state index in [0.29, 0.717) is 0 Å². The van der Waals surface area contributed by atoms with Crippen molar-refractivity contribution in [3.05, 3.63) is 0 Å². The van der Waals surface area contributed by atoms with Crippen LogP contribution in [0.25, 0.3) is 0 Å². The maximum absolute atomic E-state index is 8.52. The second-order valence-corrected chi connectivity index (χ2v) is 3.67. The molecule has 0 aromatic rings. The molecule has 17 heteroatoms. The fourth-order valence-corrected chi connectivity index (χ4v) is 0. The summed E-state index contributed by atoms with van der Waals surface area (Å²) in [6, 6.07) is 0. The van der Waals surface area contributed by atoms with Crippen LogP contribution in [0.15, 0.2) is 0 Å². The molecule has 0 bridgehead atoms. The van der Waals surface area contributed by atoms with Crippen LogP contribution < -0.4 is 0 Å². The predicted molar refractivity (Wildman–Crippen MR) is 37.2 cm³/mol. The van der Waals surface area contributed by atoms with Crippen molar-refractivity contribution in [3.8, 4) is 0 Å². The van der Waals surface area contributed by atoms with Gasteiger partial charge in [0, 0.05) is 31.2 Å². The average Bonchev–Trinajstić information content (AvgIpc) is 1.41. The fraction of sp³-hybridized carbons (Fsp3) is 0. The summed E-state index contributed by atoms with van der Waals surface area (Å²) in [5.74, 6) is 0. The minimum Gasteiger partial charge on any atom is -0.759 e. The Labute approximate surface area is 152 Å². The Morgan fingerprint density at radius 2 is 0.471 bits per heavy atom. The van der Waals surface area contributed by atoms with Crippen LogP contribution >= 0.6 is 0 Å². The van der Waals surface area contributed by atoms with Gasteiger partial charge in [0.15, 0.2) is 0 Å². The fourth-order valence-electron chi connectivity index (χ4n) is 0. The van der Waals surface area contributed by atoms with Crippen molar-refractivity contribution in [3.63, 3.8) is 0 Å². The van der Waals surface area contributed by atoms with Gasteiger partial charge in [0.1, 0.15) is 0 Å². The van der Waals surface area contributed by atoms with E-state index in [2.05, 4.69) is 0 Å². The first-order valence-corrected chi connectivity index (χ1v) is 6.00. The molecule has 96 valence electrons. The SMILES string of the molecule is O=S(=O)([O-])[O-].O=S(=O)([O-])[O-].O=S(=O)([O-])[O-].[Ba+2].[Ti+4]. The van der Waals surface area contributed by atoms with Crippen LogP contribution in [0.3, 0.4) is 0 Å². The minimum atomic E-state index is -5.17. The van der Waals surface area contributed by atoms with Gasteiger partial charge in [-0.15, -0.1) is 0 Å². The van der Waals surface area contributed by atoms with Crippen molar-refractivity contribution >= 4 is 80.1 Å². The molecule has 17 heavy (non-hydrogen) atoms. The summed E-state index contributed by atoms with van der Waals surface area (Å²) in [5, 5.41) is 0. The van der Waals surface area contributed by atoms with Crippen LogP contribution in [0.4, 0.5) is 0 Å². The van der Waals surface area contributed by atoms with Gasteiger partial charge in [0.25, 0.3) is 0 Å². The molecule has 0 fully saturated rings. The first-order chi connectivity index (χ1) is 6.00. The third kappa shape index (κ3) is 1260. The van der Waals surface area contributed by atoms with Crippen LogP contribution in [0.2, 0.25) is 0 Å². The summed E-state index contributed by atoms with van der Waals surface area (Å²) in [5.41, 5.74) is 0. The zero-order chi connectivity index (χ0) is 13.5. The summed E-state index contributed by atoms with van der Waals surface area (Å²) in [4.78, 5) is 0. The van der Waals surface area contributed by atoms with Crippen molar-refractivity contribution < 1.29 is 74.3 Å². The molecular formula is BaO12S3Ti.